The molecule has 0 aromatic heterocycles. The molecule has 0 heterocycles. The Balaban J connectivity index is 1.80. The van der Waals surface area contributed by atoms with E-state index in [1.165, 1.54) is 0 Å². The van der Waals surface area contributed by atoms with Crippen molar-refractivity contribution in [1.29, 1.82) is 0 Å². The molecule has 5 nitrogen and oxygen atoms in total. The molecule has 5 heteroatoms. The van der Waals surface area contributed by atoms with E-state index in [0.717, 1.165) is 12.8 Å². The van der Waals surface area contributed by atoms with Crippen LogP contribution in [0.25, 0.3) is 0 Å². The van der Waals surface area contributed by atoms with Gasteiger partial charge in [-0.3, -0.25) is 9.59 Å². The van der Waals surface area contributed by atoms with Crippen molar-refractivity contribution in [2.24, 2.45) is 5.92 Å². The first-order valence-electron chi connectivity index (χ1n) is 7.39. The van der Waals surface area contributed by atoms with Crippen LogP contribution in [0.3, 0.4) is 0 Å². The second-order valence-electron chi connectivity index (χ2n) is 5.32. The molecule has 2 rings (SSSR count). The maximum absolute atomic E-state index is 12.0. The fourth-order valence-corrected chi connectivity index (χ4v) is 2.30. The van der Waals surface area contributed by atoms with Crippen LogP contribution in [0, 0.1) is 5.92 Å². The Hall–Kier alpha value is -2.30. The normalized spacial score (nSPS) is 17.8. The minimum Gasteiger partial charge on any atom is -0.497 e. The first kappa shape index (κ1) is 16.1. The predicted octanol–water partition coefficient (Wildman–Crippen LogP) is 2.92. The molecular weight excluding hydrogens is 282 g/mol. The van der Waals surface area contributed by atoms with E-state index in [2.05, 4.69) is 11.4 Å². The highest BCUT2D eigenvalue weighted by Crippen LogP contribution is 2.21. The SMILES string of the molecule is COc1ccc(NC(=O)[C@@H](C)OC(=O)C[C@@H]2C=CCC2)cc1. The van der Waals surface area contributed by atoms with E-state index < -0.39 is 6.10 Å². The summed E-state index contributed by atoms with van der Waals surface area (Å²) in [5.74, 6) is 0.265. The molecule has 0 spiro atoms. The molecular formula is C17H21NO4. The van der Waals surface area contributed by atoms with Crippen molar-refractivity contribution in [3.8, 4) is 5.75 Å². The van der Waals surface area contributed by atoms with Gasteiger partial charge in [-0.25, -0.2) is 0 Å². The second-order valence-corrected chi connectivity index (χ2v) is 5.32. The smallest absolute Gasteiger partial charge is 0.307 e. The van der Waals surface area contributed by atoms with Gasteiger partial charge in [-0.15, -0.1) is 0 Å². The highest BCUT2D eigenvalue weighted by atomic mass is 16.5. The van der Waals surface area contributed by atoms with Crippen molar-refractivity contribution < 1.29 is 19.1 Å². The number of esters is 1. The van der Waals surface area contributed by atoms with Gasteiger partial charge in [0.15, 0.2) is 6.10 Å². The molecule has 0 bridgehead atoms. The number of carbonyl (C=O) groups is 2. The van der Waals surface area contributed by atoms with Gasteiger partial charge in [0.05, 0.1) is 13.5 Å². The topological polar surface area (TPSA) is 64.6 Å². The quantitative estimate of drug-likeness (QED) is 0.648. The Morgan fingerprint density at radius 2 is 2.05 bits per heavy atom. The Morgan fingerprint density at radius 1 is 1.32 bits per heavy atom. The summed E-state index contributed by atoms with van der Waals surface area (Å²) in [6.07, 6.45) is 5.59. The molecule has 1 aromatic carbocycles. The molecule has 22 heavy (non-hydrogen) atoms. The molecule has 0 saturated heterocycles. The lowest BCUT2D eigenvalue weighted by Gasteiger charge is -2.15. The molecule has 0 saturated carbocycles. The van der Waals surface area contributed by atoms with Gasteiger partial charge in [-0.2, -0.15) is 0 Å². The van der Waals surface area contributed by atoms with Gasteiger partial charge in [0.25, 0.3) is 5.91 Å². The second kappa shape index (κ2) is 7.64. The summed E-state index contributed by atoms with van der Waals surface area (Å²) in [6.45, 7) is 1.57. The van der Waals surface area contributed by atoms with Crippen molar-refractivity contribution in [1.82, 2.24) is 0 Å². The molecule has 1 N–H and O–H groups in total. The molecule has 1 aromatic rings. The largest absolute Gasteiger partial charge is 0.497 e. The first-order chi connectivity index (χ1) is 10.6. The maximum atomic E-state index is 12.0. The number of rotatable bonds is 6. The Morgan fingerprint density at radius 3 is 2.64 bits per heavy atom. The predicted molar refractivity (Wildman–Crippen MR) is 83.7 cm³/mol. The first-order valence-corrected chi connectivity index (χ1v) is 7.39. The number of carbonyl (C=O) groups excluding carboxylic acids is 2. The molecule has 2 atom stereocenters. The third-order valence-electron chi connectivity index (χ3n) is 3.58. The van der Waals surface area contributed by atoms with E-state index in [1.807, 2.05) is 6.08 Å². The van der Waals surface area contributed by atoms with E-state index in [0.29, 0.717) is 17.9 Å². The van der Waals surface area contributed by atoms with Crippen LogP contribution in [0.5, 0.6) is 5.75 Å². The standard InChI is InChI=1S/C17H21NO4/c1-12(22-16(19)11-13-5-3-4-6-13)17(20)18-14-7-9-15(21-2)10-8-14/h3,5,7-10,12-13H,4,6,11H2,1-2H3,(H,18,20)/t12-,13-/m1/s1. The van der Waals surface area contributed by atoms with E-state index in [-0.39, 0.29) is 17.8 Å². The molecule has 1 amide bonds. The summed E-state index contributed by atoms with van der Waals surface area (Å²) in [5, 5.41) is 2.71. The number of amides is 1. The van der Waals surface area contributed by atoms with Gasteiger partial charge in [-0.1, -0.05) is 12.2 Å². The van der Waals surface area contributed by atoms with Crippen molar-refractivity contribution in [3.63, 3.8) is 0 Å². The van der Waals surface area contributed by atoms with Gasteiger partial charge in [-0.05, 0) is 49.9 Å². The van der Waals surface area contributed by atoms with Crippen molar-refractivity contribution in [2.75, 3.05) is 12.4 Å². The minimum atomic E-state index is -0.819. The van der Waals surface area contributed by atoms with Crippen LogP contribution in [-0.2, 0) is 14.3 Å². The van der Waals surface area contributed by atoms with Gasteiger partial charge < -0.3 is 14.8 Å². The number of ether oxygens (including phenoxy) is 2. The molecule has 0 unspecified atom stereocenters. The average molecular weight is 303 g/mol. The summed E-state index contributed by atoms with van der Waals surface area (Å²) in [7, 11) is 1.58. The summed E-state index contributed by atoms with van der Waals surface area (Å²) < 4.78 is 10.2. The fourth-order valence-electron chi connectivity index (χ4n) is 2.30. The van der Waals surface area contributed by atoms with Crippen molar-refractivity contribution in [3.05, 3.63) is 36.4 Å². The van der Waals surface area contributed by atoms with Crippen LogP contribution >= 0.6 is 0 Å². The zero-order valence-corrected chi connectivity index (χ0v) is 12.9. The number of methoxy groups -OCH3 is 1. The Kier molecular flexibility index (Phi) is 5.58. The zero-order chi connectivity index (χ0) is 15.9. The lowest BCUT2D eigenvalue weighted by molar-refractivity contribution is -0.153. The lowest BCUT2D eigenvalue weighted by atomic mass is 10.1. The van der Waals surface area contributed by atoms with Crippen LogP contribution in [0.1, 0.15) is 26.2 Å². The Bertz CT molecular complexity index is 550. The van der Waals surface area contributed by atoms with Crippen molar-refractivity contribution >= 4 is 17.6 Å². The highest BCUT2D eigenvalue weighted by molar-refractivity contribution is 5.95. The number of hydrogen-bond acceptors (Lipinski definition) is 4. The highest BCUT2D eigenvalue weighted by Gasteiger charge is 2.21. The number of allylic oxidation sites excluding steroid dienone is 2. The number of nitrogens with one attached hydrogen (secondary N) is 1. The fraction of sp³-hybridized carbons (Fsp3) is 0.412. The molecule has 1 aliphatic rings. The zero-order valence-electron chi connectivity index (χ0n) is 12.9. The monoisotopic (exact) mass is 303 g/mol. The molecule has 1 aliphatic carbocycles. The molecule has 0 fully saturated rings. The van der Waals surface area contributed by atoms with Crippen LogP contribution in [0.15, 0.2) is 36.4 Å². The molecule has 118 valence electrons. The van der Waals surface area contributed by atoms with Gasteiger partial charge in [0, 0.05) is 5.69 Å². The third kappa shape index (κ3) is 4.62. The van der Waals surface area contributed by atoms with E-state index >= 15 is 0 Å². The van der Waals surface area contributed by atoms with Gasteiger partial charge in [0.2, 0.25) is 0 Å². The molecule has 0 radical (unpaired) electrons. The molecule has 0 aliphatic heterocycles. The van der Waals surface area contributed by atoms with E-state index in [4.69, 9.17) is 9.47 Å². The van der Waals surface area contributed by atoms with E-state index in [9.17, 15) is 9.59 Å². The summed E-state index contributed by atoms with van der Waals surface area (Å²) in [6, 6.07) is 6.96. The number of anilines is 1. The van der Waals surface area contributed by atoms with Crippen LogP contribution in [0.2, 0.25) is 0 Å². The number of benzene rings is 1. The number of hydrogen-bond donors (Lipinski definition) is 1. The summed E-state index contributed by atoms with van der Waals surface area (Å²) in [5.41, 5.74) is 0.632. The van der Waals surface area contributed by atoms with Gasteiger partial charge in [0.1, 0.15) is 5.75 Å². The van der Waals surface area contributed by atoms with Crippen LogP contribution < -0.4 is 10.1 Å². The minimum absolute atomic E-state index is 0.240. The van der Waals surface area contributed by atoms with Crippen LogP contribution in [-0.4, -0.2) is 25.1 Å². The van der Waals surface area contributed by atoms with Crippen molar-refractivity contribution in [2.45, 2.75) is 32.3 Å². The van der Waals surface area contributed by atoms with Crippen LogP contribution in [0.4, 0.5) is 5.69 Å². The lowest BCUT2D eigenvalue weighted by Crippen LogP contribution is -2.30. The summed E-state index contributed by atoms with van der Waals surface area (Å²) in [4.78, 5) is 23.8. The average Bonchev–Trinajstić information content (AvgIpc) is 3.00. The summed E-state index contributed by atoms with van der Waals surface area (Å²) >= 11 is 0. The maximum Gasteiger partial charge on any atom is 0.307 e. The van der Waals surface area contributed by atoms with Gasteiger partial charge >= 0.3 is 5.97 Å². The third-order valence-corrected chi connectivity index (χ3v) is 3.58. The van der Waals surface area contributed by atoms with E-state index in [1.54, 1.807) is 38.3 Å². The Labute approximate surface area is 130 Å².